The Bertz CT molecular complexity index is 1340. The van der Waals surface area contributed by atoms with Crippen LogP contribution in [-0.4, -0.2) is 61.3 Å². The highest BCUT2D eigenvalue weighted by atomic mass is 19.1. The van der Waals surface area contributed by atoms with E-state index in [1.54, 1.807) is 22.8 Å². The first-order valence-electron chi connectivity index (χ1n) is 11.8. The second-order valence-electron chi connectivity index (χ2n) is 9.00. The molecular formula is C26H28FN7O. The van der Waals surface area contributed by atoms with E-state index in [-0.39, 0.29) is 11.8 Å². The molecular weight excluding hydrogens is 445 g/mol. The fraction of sp³-hybridized carbons (Fsp3) is 0.308. The van der Waals surface area contributed by atoms with Gasteiger partial charge in [-0.05, 0) is 31.2 Å². The molecule has 0 atom stereocenters. The van der Waals surface area contributed by atoms with Gasteiger partial charge in [0, 0.05) is 56.3 Å². The molecule has 1 aromatic carbocycles. The van der Waals surface area contributed by atoms with E-state index in [4.69, 9.17) is 4.98 Å². The van der Waals surface area contributed by atoms with Gasteiger partial charge in [-0.2, -0.15) is 5.10 Å². The van der Waals surface area contributed by atoms with E-state index < -0.39 is 5.82 Å². The second-order valence-corrected chi connectivity index (χ2v) is 9.00. The van der Waals surface area contributed by atoms with Crippen LogP contribution in [0, 0.1) is 12.7 Å². The van der Waals surface area contributed by atoms with E-state index in [1.165, 1.54) is 16.9 Å². The lowest BCUT2D eigenvalue weighted by Gasteiger charge is -2.35. The first-order chi connectivity index (χ1) is 16.9. The predicted molar refractivity (Wildman–Crippen MR) is 132 cm³/mol. The van der Waals surface area contributed by atoms with E-state index in [1.807, 2.05) is 42.4 Å². The van der Waals surface area contributed by atoms with Gasteiger partial charge in [0.1, 0.15) is 28.7 Å². The lowest BCUT2D eigenvalue weighted by Crippen LogP contribution is -2.49. The molecule has 9 heteroatoms. The minimum Gasteiger partial charge on any atom is -0.353 e. The van der Waals surface area contributed by atoms with Crippen molar-refractivity contribution in [2.45, 2.75) is 26.7 Å². The number of amides is 1. The molecule has 1 aliphatic rings. The Labute approximate surface area is 203 Å². The SMILES string of the molecule is Cc1cc(N2CCN(C(=O)c3cnn(-c4ccccc4F)c3-n3cccc3)CC2)nc(C(C)C)n1. The molecule has 8 nitrogen and oxygen atoms in total. The zero-order valence-electron chi connectivity index (χ0n) is 20.1. The third kappa shape index (κ3) is 4.41. The van der Waals surface area contributed by atoms with Crippen LogP contribution >= 0.6 is 0 Å². The smallest absolute Gasteiger partial charge is 0.259 e. The molecule has 0 spiro atoms. The average molecular weight is 474 g/mol. The van der Waals surface area contributed by atoms with E-state index in [0.29, 0.717) is 43.2 Å². The van der Waals surface area contributed by atoms with Crippen LogP contribution in [-0.2, 0) is 0 Å². The Morgan fingerprint density at radius 3 is 2.40 bits per heavy atom. The van der Waals surface area contributed by atoms with E-state index in [2.05, 4.69) is 28.8 Å². The fourth-order valence-corrected chi connectivity index (χ4v) is 4.32. The normalized spacial score (nSPS) is 14.1. The molecule has 5 rings (SSSR count). The van der Waals surface area contributed by atoms with Crippen LogP contribution < -0.4 is 4.90 Å². The zero-order chi connectivity index (χ0) is 24.5. The number of benzene rings is 1. The van der Waals surface area contributed by atoms with Crippen molar-refractivity contribution in [2.24, 2.45) is 0 Å². The van der Waals surface area contributed by atoms with Gasteiger partial charge in [0.05, 0.1) is 6.20 Å². The van der Waals surface area contributed by atoms with Crippen molar-refractivity contribution in [2.75, 3.05) is 31.1 Å². The molecule has 1 aliphatic heterocycles. The van der Waals surface area contributed by atoms with Gasteiger partial charge >= 0.3 is 0 Å². The molecule has 180 valence electrons. The highest BCUT2D eigenvalue weighted by molar-refractivity contribution is 5.97. The van der Waals surface area contributed by atoms with Crippen LogP contribution in [0.3, 0.4) is 0 Å². The molecule has 3 aromatic heterocycles. The fourth-order valence-electron chi connectivity index (χ4n) is 4.32. The number of hydrogen-bond donors (Lipinski definition) is 0. The number of nitrogens with zero attached hydrogens (tertiary/aromatic N) is 7. The molecule has 4 heterocycles. The molecule has 4 aromatic rings. The maximum Gasteiger partial charge on any atom is 0.259 e. The van der Waals surface area contributed by atoms with Gasteiger partial charge in [-0.25, -0.2) is 19.0 Å². The number of halogens is 1. The van der Waals surface area contributed by atoms with Crippen molar-refractivity contribution in [3.05, 3.63) is 84.0 Å². The van der Waals surface area contributed by atoms with Crippen LogP contribution in [0.15, 0.2) is 61.1 Å². The van der Waals surface area contributed by atoms with Crippen LogP contribution in [0.4, 0.5) is 10.2 Å². The average Bonchev–Trinajstić information content (AvgIpc) is 3.53. The maximum atomic E-state index is 14.6. The summed E-state index contributed by atoms with van der Waals surface area (Å²) in [7, 11) is 0. The predicted octanol–water partition coefficient (Wildman–Crippen LogP) is 3.99. The monoisotopic (exact) mass is 473 g/mol. The molecule has 0 aliphatic carbocycles. The molecule has 1 fully saturated rings. The quantitative estimate of drug-likeness (QED) is 0.438. The minimum absolute atomic E-state index is 0.127. The van der Waals surface area contributed by atoms with Crippen LogP contribution in [0.5, 0.6) is 0 Å². The highest BCUT2D eigenvalue weighted by Gasteiger charge is 2.28. The van der Waals surface area contributed by atoms with Crippen molar-refractivity contribution >= 4 is 11.7 Å². The lowest BCUT2D eigenvalue weighted by molar-refractivity contribution is 0.0746. The number of aryl methyl sites for hydroxylation is 1. The summed E-state index contributed by atoms with van der Waals surface area (Å²) in [4.78, 5) is 26.9. The summed E-state index contributed by atoms with van der Waals surface area (Å²) in [6.07, 6.45) is 5.18. The highest BCUT2D eigenvalue weighted by Crippen LogP contribution is 2.24. The van der Waals surface area contributed by atoms with Crippen molar-refractivity contribution < 1.29 is 9.18 Å². The van der Waals surface area contributed by atoms with Crippen LogP contribution in [0.2, 0.25) is 0 Å². The van der Waals surface area contributed by atoms with Gasteiger partial charge in [0.25, 0.3) is 5.91 Å². The first kappa shape index (κ1) is 22.8. The van der Waals surface area contributed by atoms with Crippen LogP contribution in [0.1, 0.15) is 41.6 Å². The number of carbonyl (C=O) groups is 1. The lowest BCUT2D eigenvalue weighted by atomic mass is 10.2. The Hall–Kier alpha value is -4.01. The number of aromatic nitrogens is 5. The molecule has 1 saturated heterocycles. The summed E-state index contributed by atoms with van der Waals surface area (Å²) in [6.45, 7) is 8.58. The standard InChI is InChI=1S/C26H28FN7O/c1-18(2)24-29-19(3)16-23(30-24)31-12-14-33(15-13-31)26(35)20-17-28-34(22-9-5-4-8-21(22)27)25(20)32-10-6-7-11-32/h4-11,16-18H,12-15H2,1-3H3. The van der Waals surface area contributed by atoms with E-state index in [0.717, 1.165) is 17.3 Å². The topological polar surface area (TPSA) is 72.1 Å². The first-order valence-corrected chi connectivity index (χ1v) is 11.8. The van der Waals surface area contributed by atoms with Crippen molar-refractivity contribution in [1.29, 1.82) is 0 Å². The summed E-state index contributed by atoms with van der Waals surface area (Å²) in [5, 5.41) is 4.40. The maximum absolute atomic E-state index is 14.6. The molecule has 1 amide bonds. The number of para-hydroxylation sites is 1. The van der Waals surface area contributed by atoms with Gasteiger partial charge in [-0.15, -0.1) is 0 Å². The number of hydrogen-bond acceptors (Lipinski definition) is 5. The molecule has 0 saturated carbocycles. The van der Waals surface area contributed by atoms with Crippen molar-refractivity contribution in [3.63, 3.8) is 0 Å². The third-order valence-electron chi connectivity index (χ3n) is 6.17. The summed E-state index contributed by atoms with van der Waals surface area (Å²) in [5.41, 5.74) is 1.66. The third-order valence-corrected chi connectivity index (χ3v) is 6.17. The zero-order valence-corrected chi connectivity index (χ0v) is 20.1. The Morgan fingerprint density at radius 1 is 1.00 bits per heavy atom. The van der Waals surface area contributed by atoms with Crippen molar-refractivity contribution in [1.82, 2.24) is 29.2 Å². The number of piperazine rings is 1. The molecule has 0 unspecified atom stereocenters. The second kappa shape index (κ2) is 9.32. The van der Waals surface area contributed by atoms with Crippen molar-refractivity contribution in [3.8, 4) is 11.5 Å². The molecule has 0 bridgehead atoms. The number of anilines is 1. The van der Waals surface area contributed by atoms with E-state index >= 15 is 0 Å². The summed E-state index contributed by atoms with van der Waals surface area (Å²) in [6, 6.07) is 12.1. The van der Waals surface area contributed by atoms with Gasteiger partial charge in [-0.1, -0.05) is 26.0 Å². The minimum atomic E-state index is -0.405. The Balaban J connectivity index is 1.40. The van der Waals surface area contributed by atoms with Gasteiger partial charge in [-0.3, -0.25) is 4.79 Å². The van der Waals surface area contributed by atoms with Gasteiger partial charge in [0.15, 0.2) is 5.82 Å². The molecule has 0 radical (unpaired) electrons. The van der Waals surface area contributed by atoms with Gasteiger partial charge < -0.3 is 14.4 Å². The summed E-state index contributed by atoms with van der Waals surface area (Å²) < 4.78 is 17.9. The Morgan fingerprint density at radius 2 is 1.71 bits per heavy atom. The molecule has 35 heavy (non-hydrogen) atoms. The summed E-state index contributed by atoms with van der Waals surface area (Å²) >= 11 is 0. The molecule has 0 N–H and O–H groups in total. The number of carbonyl (C=O) groups excluding carboxylic acids is 1. The largest absolute Gasteiger partial charge is 0.353 e. The number of rotatable bonds is 5. The van der Waals surface area contributed by atoms with Gasteiger partial charge in [0.2, 0.25) is 0 Å². The summed E-state index contributed by atoms with van der Waals surface area (Å²) in [5.74, 6) is 1.95. The van der Waals surface area contributed by atoms with Crippen LogP contribution in [0.25, 0.3) is 11.5 Å². The van der Waals surface area contributed by atoms with E-state index in [9.17, 15) is 9.18 Å². The Kier molecular flexibility index (Phi) is 6.07.